The molecule has 180 valence electrons. The monoisotopic (exact) mass is 485 g/mol. The molecule has 3 aromatic rings. The maximum atomic E-state index is 13.0. The number of fused-ring (bicyclic) bond motifs is 1. The first-order valence-corrected chi connectivity index (χ1v) is 10.1. The van der Waals surface area contributed by atoms with Gasteiger partial charge in [-0.15, -0.1) is 0 Å². The molecule has 0 aliphatic carbocycles. The summed E-state index contributed by atoms with van der Waals surface area (Å²) in [5.74, 6) is -0.0000796. The summed E-state index contributed by atoms with van der Waals surface area (Å²) in [5.41, 5.74) is -0.186. The van der Waals surface area contributed by atoms with Crippen LogP contribution < -0.4 is 20.1 Å². The highest BCUT2D eigenvalue weighted by molar-refractivity contribution is 6.21. The Hall–Kier alpha value is -4.54. The van der Waals surface area contributed by atoms with Gasteiger partial charge in [0.05, 0.1) is 29.5 Å². The number of nitrogens with one attached hydrogen (secondary N) is 2. The van der Waals surface area contributed by atoms with E-state index in [4.69, 9.17) is 9.47 Å². The van der Waals surface area contributed by atoms with Crippen molar-refractivity contribution in [3.8, 4) is 17.2 Å². The smallest absolute Gasteiger partial charge is 0.416 e. The second-order valence-corrected chi connectivity index (χ2v) is 7.50. The van der Waals surface area contributed by atoms with E-state index in [1.54, 1.807) is 18.2 Å². The van der Waals surface area contributed by atoms with Crippen LogP contribution in [0.25, 0.3) is 0 Å². The van der Waals surface area contributed by atoms with E-state index in [9.17, 15) is 27.6 Å². The van der Waals surface area contributed by atoms with Gasteiger partial charge in [-0.05, 0) is 60.7 Å². The number of ether oxygens (including phenoxy) is 2. The molecule has 35 heavy (non-hydrogen) atoms. The van der Waals surface area contributed by atoms with E-state index >= 15 is 0 Å². The normalized spacial score (nSPS) is 12.9. The van der Waals surface area contributed by atoms with Crippen LogP contribution in [0.1, 0.15) is 26.3 Å². The number of imide groups is 1. The zero-order valence-corrected chi connectivity index (χ0v) is 18.4. The number of carbonyl (C=O) groups is 3. The molecule has 11 heteroatoms. The van der Waals surface area contributed by atoms with Crippen LogP contribution in [0.3, 0.4) is 0 Å². The SMILES string of the molecule is COc1ccc(C(F)(F)F)cc1NC(=O)Nc1ccc(Oc2ccc3c(c2)C(=O)N(C)C3=O)cc1. The number of amides is 4. The Morgan fingerprint density at radius 3 is 2.17 bits per heavy atom. The minimum Gasteiger partial charge on any atom is -0.495 e. The predicted molar refractivity (Wildman–Crippen MR) is 120 cm³/mol. The van der Waals surface area contributed by atoms with E-state index in [0.717, 1.165) is 23.1 Å². The Morgan fingerprint density at radius 1 is 0.857 bits per heavy atom. The molecule has 0 saturated carbocycles. The van der Waals surface area contributed by atoms with Crippen molar-refractivity contribution in [2.24, 2.45) is 0 Å². The highest BCUT2D eigenvalue weighted by atomic mass is 19.4. The Labute approximate surface area is 197 Å². The molecule has 0 unspecified atom stereocenters. The fraction of sp³-hybridized carbons (Fsp3) is 0.125. The van der Waals surface area contributed by atoms with Crippen molar-refractivity contribution in [3.05, 3.63) is 77.4 Å². The fourth-order valence-electron chi connectivity index (χ4n) is 3.41. The van der Waals surface area contributed by atoms with Gasteiger partial charge in [0, 0.05) is 12.7 Å². The summed E-state index contributed by atoms with van der Waals surface area (Å²) in [6.07, 6.45) is -4.58. The van der Waals surface area contributed by atoms with Crippen molar-refractivity contribution in [1.29, 1.82) is 0 Å². The summed E-state index contributed by atoms with van der Waals surface area (Å²) >= 11 is 0. The van der Waals surface area contributed by atoms with Crippen molar-refractivity contribution >= 4 is 29.2 Å². The summed E-state index contributed by atoms with van der Waals surface area (Å²) in [6.45, 7) is 0. The largest absolute Gasteiger partial charge is 0.495 e. The van der Waals surface area contributed by atoms with Crippen LogP contribution in [-0.4, -0.2) is 36.9 Å². The zero-order valence-electron chi connectivity index (χ0n) is 18.4. The van der Waals surface area contributed by atoms with E-state index in [2.05, 4.69) is 10.6 Å². The van der Waals surface area contributed by atoms with Gasteiger partial charge in [0.15, 0.2) is 0 Å². The fourth-order valence-corrected chi connectivity index (χ4v) is 3.41. The van der Waals surface area contributed by atoms with Crippen LogP contribution in [-0.2, 0) is 6.18 Å². The highest BCUT2D eigenvalue weighted by Gasteiger charge is 2.33. The minimum atomic E-state index is -4.58. The molecular weight excluding hydrogens is 467 g/mol. The summed E-state index contributed by atoms with van der Waals surface area (Å²) in [6, 6.07) is 12.7. The van der Waals surface area contributed by atoms with Crippen molar-refractivity contribution in [2.45, 2.75) is 6.18 Å². The number of nitrogens with zero attached hydrogens (tertiary/aromatic N) is 1. The summed E-state index contributed by atoms with van der Waals surface area (Å²) in [5, 5.41) is 4.85. The third kappa shape index (κ3) is 4.88. The van der Waals surface area contributed by atoms with Gasteiger partial charge < -0.3 is 20.1 Å². The third-order valence-electron chi connectivity index (χ3n) is 5.18. The lowest BCUT2D eigenvalue weighted by Crippen LogP contribution is -2.24. The molecule has 2 N–H and O–H groups in total. The molecule has 0 bridgehead atoms. The zero-order chi connectivity index (χ0) is 25.3. The van der Waals surface area contributed by atoms with Crippen molar-refractivity contribution in [1.82, 2.24) is 4.90 Å². The maximum Gasteiger partial charge on any atom is 0.416 e. The van der Waals surface area contributed by atoms with Gasteiger partial charge in [0.25, 0.3) is 11.8 Å². The van der Waals surface area contributed by atoms with E-state index in [0.29, 0.717) is 22.7 Å². The van der Waals surface area contributed by atoms with Gasteiger partial charge in [0.1, 0.15) is 17.2 Å². The minimum absolute atomic E-state index is 0.0672. The van der Waals surface area contributed by atoms with Gasteiger partial charge in [0.2, 0.25) is 0 Å². The second kappa shape index (κ2) is 9.01. The quantitative estimate of drug-likeness (QED) is 0.474. The molecule has 0 aromatic heterocycles. The molecule has 4 amide bonds. The Balaban J connectivity index is 1.42. The predicted octanol–water partition coefficient (Wildman–Crippen LogP) is 5.38. The number of rotatable bonds is 5. The average Bonchev–Trinajstić information content (AvgIpc) is 3.03. The van der Waals surface area contributed by atoms with Gasteiger partial charge in [-0.1, -0.05) is 0 Å². The molecule has 0 atom stereocenters. The molecule has 1 heterocycles. The van der Waals surface area contributed by atoms with Crippen LogP contribution in [0.2, 0.25) is 0 Å². The van der Waals surface area contributed by atoms with Crippen LogP contribution in [0.5, 0.6) is 17.2 Å². The summed E-state index contributed by atoms with van der Waals surface area (Å²) < 4.78 is 49.7. The van der Waals surface area contributed by atoms with Gasteiger partial charge in [-0.25, -0.2) is 4.79 Å². The van der Waals surface area contributed by atoms with Crippen LogP contribution in [0.4, 0.5) is 29.3 Å². The highest BCUT2D eigenvalue weighted by Crippen LogP contribution is 2.35. The van der Waals surface area contributed by atoms with Crippen LogP contribution >= 0.6 is 0 Å². The van der Waals surface area contributed by atoms with E-state index < -0.39 is 23.7 Å². The first-order chi connectivity index (χ1) is 16.6. The number of benzene rings is 3. The Kier molecular flexibility index (Phi) is 6.08. The molecule has 8 nitrogen and oxygen atoms in total. The number of urea groups is 1. The lowest BCUT2D eigenvalue weighted by molar-refractivity contribution is -0.137. The number of hydrogen-bond donors (Lipinski definition) is 2. The van der Waals surface area contributed by atoms with Gasteiger partial charge in [-0.3, -0.25) is 14.5 Å². The average molecular weight is 485 g/mol. The Bertz CT molecular complexity index is 1320. The topological polar surface area (TPSA) is 97.0 Å². The number of alkyl halides is 3. The Morgan fingerprint density at radius 2 is 1.51 bits per heavy atom. The van der Waals surface area contributed by atoms with E-state index in [-0.39, 0.29) is 22.9 Å². The molecule has 1 aliphatic rings. The van der Waals surface area contributed by atoms with E-state index in [1.165, 1.54) is 38.4 Å². The lowest BCUT2D eigenvalue weighted by atomic mass is 10.1. The first kappa shape index (κ1) is 23.6. The summed E-state index contributed by atoms with van der Waals surface area (Å²) in [4.78, 5) is 37.5. The second-order valence-electron chi connectivity index (χ2n) is 7.50. The van der Waals surface area contributed by atoms with Crippen LogP contribution in [0.15, 0.2) is 60.7 Å². The molecule has 0 radical (unpaired) electrons. The van der Waals surface area contributed by atoms with Crippen molar-refractivity contribution < 1.29 is 37.0 Å². The van der Waals surface area contributed by atoms with Gasteiger partial charge >= 0.3 is 12.2 Å². The number of hydrogen-bond acceptors (Lipinski definition) is 5. The van der Waals surface area contributed by atoms with Crippen molar-refractivity contribution in [3.63, 3.8) is 0 Å². The molecular formula is C24H18F3N3O5. The first-order valence-electron chi connectivity index (χ1n) is 10.1. The number of anilines is 2. The lowest BCUT2D eigenvalue weighted by Gasteiger charge is -2.14. The molecule has 0 spiro atoms. The van der Waals surface area contributed by atoms with Crippen LogP contribution in [0, 0.1) is 0 Å². The van der Waals surface area contributed by atoms with E-state index in [1.807, 2.05) is 0 Å². The molecule has 0 saturated heterocycles. The molecule has 0 fully saturated rings. The molecule has 4 rings (SSSR count). The molecule has 1 aliphatic heterocycles. The standard InChI is InChI=1S/C24H18F3N3O5/c1-30-21(31)17-9-8-16(12-18(17)22(30)32)35-15-6-4-14(5-7-15)28-23(33)29-19-11-13(24(25,26)27)3-10-20(19)34-2/h3-12H,1-2H3,(H2,28,29,33). The maximum absolute atomic E-state index is 13.0. The van der Waals surface area contributed by atoms with Crippen molar-refractivity contribution in [2.75, 3.05) is 24.8 Å². The molecule has 3 aromatic carbocycles. The number of carbonyl (C=O) groups excluding carboxylic acids is 3. The third-order valence-corrected chi connectivity index (χ3v) is 5.18. The van der Waals surface area contributed by atoms with Gasteiger partial charge in [-0.2, -0.15) is 13.2 Å². The summed E-state index contributed by atoms with van der Waals surface area (Å²) in [7, 11) is 2.67. The number of halogens is 3. The number of methoxy groups -OCH3 is 1.